The molecule has 1 aliphatic heterocycles. The van der Waals surface area contributed by atoms with E-state index < -0.39 is 15.9 Å². The first kappa shape index (κ1) is 20.9. The molecule has 0 spiro atoms. The Hall–Kier alpha value is -2.33. The Morgan fingerprint density at radius 2 is 2.10 bits per heavy atom. The normalized spacial score (nSPS) is 16.8. The molecular weight excluding hydrogens is 422 g/mol. The fraction of sp³-hybridized carbons (Fsp3) is 0.333. The van der Waals surface area contributed by atoms with Gasteiger partial charge in [-0.05, 0) is 62.1 Å². The van der Waals surface area contributed by atoms with E-state index >= 15 is 0 Å². The average Bonchev–Trinajstić information content (AvgIpc) is 3.36. The van der Waals surface area contributed by atoms with Crippen molar-refractivity contribution in [1.29, 1.82) is 0 Å². The number of hydrogen-bond acceptors (Lipinski definition) is 6. The van der Waals surface area contributed by atoms with Gasteiger partial charge in [-0.25, -0.2) is 18.1 Å². The lowest BCUT2D eigenvalue weighted by atomic mass is 10.1. The lowest BCUT2D eigenvalue weighted by molar-refractivity contribution is 0.102. The van der Waals surface area contributed by atoms with Crippen molar-refractivity contribution in [2.45, 2.75) is 37.7 Å². The van der Waals surface area contributed by atoms with Gasteiger partial charge in [0.05, 0.1) is 21.2 Å². The van der Waals surface area contributed by atoms with Crippen molar-refractivity contribution < 1.29 is 17.9 Å². The van der Waals surface area contributed by atoms with Gasteiger partial charge in [-0.2, -0.15) is 0 Å². The summed E-state index contributed by atoms with van der Waals surface area (Å²) in [6.07, 6.45) is 1.68. The molecule has 1 aromatic heterocycles. The summed E-state index contributed by atoms with van der Waals surface area (Å²) in [5.41, 5.74) is 3.29. The summed E-state index contributed by atoms with van der Waals surface area (Å²) in [5.74, 6) is -0.403. The van der Waals surface area contributed by atoms with Crippen LogP contribution in [0.4, 0.5) is 5.13 Å². The minimum atomic E-state index is -3.73. The van der Waals surface area contributed by atoms with Crippen LogP contribution in [-0.4, -0.2) is 38.6 Å². The van der Waals surface area contributed by atoms with Gasteiger partial charge in [0.15, 0.2) is 5.13 Å². The van der Waals surface area contributed by atoms with Crippen molar-refractivity contribution in [2.75, 3.05) is 18.5 Å². The van der Waals surface area contributed by atoms with E-state index in [4.69, 9.17) is 4.74 Å². The Labute approximate surface area is 179 Å². The Morgan fingerprint density at radius 3 is 2.87 bits per heavy atom. The molecule has 0 saturated carbocycles. The number of nitrogens with one attached hydrogen (secondary N) is 2. The number of hydrogen-bond donors (Lipinski definition) is 2. The number of aryl methyl sites for hydroxylation is 2. The Morgan fingerprint density at radius 1 is 1.27 bits per heavy atom. The van der Waals surface area contributed by atoms with Crippen molar-refractivity contribution in [3.8, 4) is 0 Å². The quantitative estimate of drug-likeness (QED) is 0.604. The fourth-order valence-corrected chi connectivity index (χ4v) is 5.64. The maximum atomic E-state index is 12.7. The van der Waals surface area contributed by atoms with Gasteiger partial charge in [-0.1, -0.05) is 23.5 Å². The van der Waals surface area contributed by atoms with E-state index in [0.717, 1.165) is 34.2 Å². The van der Waals surface area contributed by atoms with Crippen molar-refractivity contribution in [2.24, 2.45) is 0 Å². The van der Waals surface area contributed by atoms with Crippen molar-refractivity contribution in [3.05, 3.63) is 53.1 Å². The highest BCUT2D eigenvalue weighted by Crippen LogP contribution is 2.29. The van der Waals surface area contributed by atoms with Crippen molar-refractivity contribution in [3.63, 3.8) is 0 Å². The second kappa shape index (κ2) is 8.43. The summed E-state index contributed by atoms with van der Waals surface area (Å²) in [4.78, 5) is 17.3. The van der Waals surface area contributed by atoms with Gasteiger partial charge in [0.25, 0.3) is 5.91 Å². The van der Waals surface area contributed by atoms with E-state index in [0.29, 0.717) is 11.7 Å². The topological polar surface area (TPSA) is 97.4 Å². The molecule has 1 amide bonds. The summed E-state index contributed by atoms with van der Waals surface area (Å²) in [5, 5.41) is 3.26. The highest BCUT2D eigenvalue weighted by atomic mass is 32.2. The molecule has 1 aliphatic rings. The molecule has 3 aromatic rings. The standard InChI is InChI=1S/C21H23N3O4S2/c1-13-9-14(2)19-18(10-13)29-21(23-19)24-20(25)15-5-3-7-17(11-15)30(26,27)22-12-16-6-4-8-28-16/h3,5,7,9-11,16,22H,4,6,8,12H2,1-2H3,(H,23,24,25). The molecule has 2 N–H and O–H groups in total. The smallest absolute Gasteiger partial charge is 0.257 e. The molecule has 1 saturated heterocycles. The van der Waals surface area contributed by atoms with Gasteiger partial charge in [0, 0.05) is 18.7 Å². The van der Waals surface area contributed by atoms with Gasteiger partial charge in [-0.3, -0.25) is 10.1 Å². The molecule has 1 unspecified atom stereocenters. The molecule has 30 heavy (non-hydrogen) atoms. The van der Waals surface area contributed by atoms with Crippen LogP contribution in [0, 0.1) is 13.8 Å². The van der Waals surface area contributed by atoms with E-state index in [-0.39, 0.29) is 23.1 Å². The average molecular weight is 446 g/mol. The van der Waals surface area contributed by atoms with Crippen LogP contribution in [0.15, 0.2) is 41.3 Å². The van der Waals surface area contributed by atoms with E-state index in [1.54, 1.807) is 12.1 Å². The molecule has 1 atom stereocenters. The molecule has 7 nitrogen and oxygen atoms in total. The predicted octanol–water partition coefficient (Wildman–Crippen LogP) is 3.62. The van der Waals surface area contributed by atoms with Gasteiger partial charge in [0.2, 0.25) is 10.0 Å². The third kappa shape index (κ3) is 4.54. The lowest BCUT2D eigenvalue weighted by Gasteiger charge is -2.12. The van der Waals surface area contributed by atoms with Crippen LogP contribution in [-0.2, 0) is 14.8 Å². The highest BCUT2D eigenvalue weighted by Gasteiger charge is 2.21. The number of aromatic nitrogens is 1. The molecule has 158 valence electrons. The third-order valence-electron chi connectivity index (χ3n) is 4.98. The van der Waals surface area contributed by atoms with Crippen LogP contribution >= 0.6 is 11.3 Å². The van der Waals surface area contributed by atoms with E-state index in [1.807, 2.05) is 26.0 Å². The predicted molar refractivity (Wildman–Crippen MR) is 118 cm³/mol. The SMILES string of the molecule is Cc1cc(C)c2nc(NC(=O)c3cccc(S(=O)(=O)NCC4CCCO4)c3)sc2c1. The van der Waals surface area contributed by atoms with Crippen molar-refractivity contribution in [1.82, 2.24) is 9.71 Å². The zero-order valence-electron chi connectivity index (χ0n) is 16.8. The maximum Gasteiger partial charge on any atom is 0.257 e. The fourth-order valence-electron chi connectivity index (χ4n) is 3.49. The third-order valence-corrected chi connectivity index (χ3v) is 7.32. The first-order valence-electron chi connectivity index (χ1n) is 9.72. The Bertz CT molecular complexity index is 1200. The molecule has 4 rings (SSSR count). The lowest BCUT2D eigenvalue weighted by Crippen LogP contribution is -2.32. The number of carbonyl (C=O) groups excluding carboxylic acids is 1. The number of sulfonamides is 1. The largest absolute Gasteiger partial charge is 0.377 e. The highest BCUT2D eigenvalue weighted by molar-refractivity contribution is 7.89. The molecule has 0 aliphatic carbocycles. The molecule has 2 heterocycles. The summed E-state index contributed by atoms with van der Waals surface area (Å²) in [7, 11) is -3.73. The van der Waals surface area contributed by atoms with Gasteiger partial charge < -0.3 is 4.74 Å². The van der Waals surface area contributed by atoms with Gasteiger partial charge in [-0.15, -0.1) is 0 Å². The minimum absolute atomic E-state index is 0.0453. The van der Waals surface area contributed by atoms with Crippen molar-refractivity contribution >= 4 is 42.6 Å². The Kier molecular flexibility index (Phi) is 5.88. The molecular formula is C21H23N3O4S2. The number of carbonyl (C=O) groups is 1. The molecule has 2 aromatic carbocycles. The summed E-state index contributed by atoms with van der Waals surface area (Å²) in [6, 6.07) is 10.1. The Balaban J connectivity index is 1.50. The zero-order valence-corrected chi connectivity index (χ0v) is 18.4. The summed E-state index contributed by atoms with van der Waals surface area (Å²) < 4.78 is 34.2. The first-order valence-corrected chi connectivity index (χ1v) is 12.0. The number of amides is 1. The van der Waals surface area contributed by atoms with Gasteiger partial charge >= 0.3 is 0 Å². The van der Waals surface area contributed by atoms with E-state index in [9.17, 15) is 13.2 Å². The zero-order chi connectivity index (χ0) is 21.3. The van der Waals surface area contributed by atoms with E-state index in [1.165, 1.54) is 23.5 Å². The number of thiazole rings is 1. The first-order chi connectivity index (χ1) is 14.3. The number of ether oxygens (including phenoxy) is 1. The molecule has 0 radical (unpaired) electrons. The molecule has 1 fully saturated rings. The van der Waals surface area contributed by atoms with Crippen LogP contribution in [0.3, 0.4) is 0 Å². The van der Waals surface area contributed by atoms with Crippen LogP contribution in [0.5, 0.6) is 0 Å². The maximum absolute atomic E-state index is 12.7. The summed E-state index contributed by atoms with van der Waals surface area (Å²) in [6.45, 7) is 4.89. The monoisotopic (exact) mass is 445 g/mol. The second-order valence-electron chi connectivity index (χ2n) is 7.42. The molecule has 9 heteroatoms. The number of benzene rings is 2. The summed E-state index contributed by atoms with van der Waals surface area (Å²) >= 11 is 1.39. The van der Waals surface area contributed by atoms with E-state index in [2.05, 4.69) is 15.0 Å². The van der Waals surface area contributed by atoms with Crippen LogP contribution in [0.2, 0.25) is 0 Å². The minimum Gasteiger partial charge on any atom is -0.377 e. The van der Waals surface area contributed by atoms with Gasteiger partial charge in [0.1, 0.15) is 0 Å². The number of fused-ring (bicyclic) bond motifs is 1. The van der Waals surface area contributed by atoms with Crippen LogP contribution < -0.4 is 10.0 Å². The molecule has 0 bridgehead atoms. The second-order valence-corrected chi connectivity index (χ2v) is 10.2. The number of rotatable bonds is 6. The number of anilines is 1. The number of nitrogens with zero attached hydrogens (tertiary/aromatic N) is 1. The van der Waals surface area contributed by atoms with Crippen LogP contribution in [0.25, 0.3) is 10.2 Å². The van der Waals surface area contributed by atoms with Crippen LogP contribution in [0.1, 0.15) is 34.3 Å².